The highest BCUT2D eigenvalue weighted by Crippen LogP contribution is 2.39. The van der Waals surface area contributed by atoms with Gasteiger partial charge in [-0.05, 0) is 36.9 Å². The summed E-state index contributed by atoms with van der Waals surface area (Å²) in [5.74, 6) is -2.77. The summed E-state index contributed by atoms with van der Waals surface area (Å²) in [6.45, 7) is 2.59. The first-order valence-electron chi connectivity index (χ1n) is 9.40. The number of aliphatic hydroxyl groups is 3. The number of aromatic hydroxyl groups is 1. The van der Waals surface area contributed by atoms with Crippen LogP contribution in [0.2, 0.25) is 0 Å². The highest BCUT2D eigenvalue weighted by atomic mass is 16.7. The Labute approximate surface area is 176 Å². The van der Waals surface area contributed by atoms with Gasteiger partial charge in [0.05, 0.1) is 10.9 Å². The van der Waals surface area contributed by atoms with Gasteiger partial charge < -0.3 is 35.0 Å². The van der Waals surface area contributed by atoms with E-state index in [2.05, 4.69) is 0 Å². The predicted octanol–water partition coefficient (Wildman–Crippen LogP) is 0.151. The Balaban J connectivity index is 2.09. The maximum atomic E-state index is 12.2. The topological polar surface area (TPSA) is 171 Å². The van der Waals surface area contributed by atoms with Gasteiger partial charge >= 0.3 is 5.97 Å². The predicted molar refractivity (Wildman–Crippen MR) is 105 cm³/mol. The minimum Gasteiger partial charge on any atom is -0.506 e. The SMILES string of the molecule is CC(=O)Cc1cc2cccc(OC3OC(C(=O)O)C(O)C(O)C3O)c2c(O)c1C(C)=O. The van der Waals surface area contributed by atoms with Crippen molar-refractivity contribution >= 4 is 28.3 Å². The number of Topliss-reactive ketones (excluding diaryl/α,β-unsaturated/α-hetero) is 2. The first-order valence-corrected chi connectivity index (χ1v) is 9.40. The molecule has 0 aromatic heterocycles. The van der Waals surface area contributed by atoms with Crippen LogP contribution in [-0.2, 0) is 20.7 Å². The number of rotatable bonds is 6. The molecule has 0 spiro atoms. The van der Waals surface area contributed by atoms with Gasteiger partial charge in [-0.15, -0.1) is 0 Å². The minimum absolute atomic E-state index is 0.0661. The van der Waals surface area contributed by atoms with Crippen molar-refractivity contribution < 1.29 is 49.4 Å². The molecule has 2 aromatic rings. The van der Waals surface area contributed by atoms with E-state index < -0.39 is 48.2 Å². The zero-order valence-corrected chi connectivity index (χ0v) is 16.7. The van der Waals surface area contributed by atoms with Gasteiger partial charge in [-0.3, -0.25) is 9.59 Å². The van der Waals surface area contributed by atoms with Crippen LogP contribution in [0.25, 0.3) is 10.8 Å². The number of ether oxygens (including phenoxy) is 2. The molecule has 3 rings (SSSR count). The third-order valence-corrected chi connectivity index (χ3v) is 5.03. The van der Waals surface area contributed by atoms with E-state index in [9.17, 15) is 39.9 Å². The number of aliphatic hydroxyl groups excluding tert-OH is 3. The lowest BCUT2D eigenvalue weighted by atomic mass is 9.93. The van der Waals surface area contributed by atoms with Gasteiger partial charge in [0.1, 0.15) is 35.6 Å². The Hall–Kier alpha value is -3.05. The van der Waals surface area contributed by atoms with E-state index in [1.54, 1.807) is 12.1 Å². The van der Waals surface area contributed by atoms with Crippen molar-refractivity contribution in [2.24, 2.45) is 0 Å². The van der Waals surface area contributed by atoms with Gasteiger partial charge in [-0.25, -0.2) is 4.79 Å². The third kappa shape index (κ3) is 4.23. The lowest BCUT2D eigenvalue weighted by Crippen LogP contribution is -2.61. The second kappa shape index (κ2) is 8.60. The van der Waals surface area contributed by atoms with Crippen molar-refractivity contribution in [2.75, 3.05) is 0 Å². The molecule has 31 heavy (non-hydrogen) atoms. The number of ketones is 2. The molecule has 1 fully saturated rings. The number of hydrogen-bond acceptors (Lipinski definition) is 9. The number of carboxylic acids is 1. The number of benzene rings is 2. The molecule has 0 saturated carbocycles. The van der Waals surface area contributed by atoms with E-state index >= 15 is 0 Å². The number of hydrogen-bond donors (Lipinski definition) is 5. The van der Waals surface area contributed by atoms with Crippen molar-refractivity contribution in [3.8, 4) is 11.5 Å². The number of aliphatic carboxylic acids is 1. The van der Waals surface area contributed by atoms with Crippen molar-refractivity contribution in [3.05, 3.63) is 35.4 Å². The third-order valence-electron chi connectivity index (χ3n) is 5.03. The molecule has 0 radical (unpaired) electrons. The number of carbonyl (C=O) groups is 3. The van der Waals surface area contributed by atoms with E-state index in [0.717, 1.165) is 0 Å². The van der Waals surface area contributed by atoms with E-state index in [1.165, 1.54) is 26.0 Å². The average Bonchev–Trinajstić information content (AvgIpc) is 2.67. The van der Waals surface area contributed by atoms with E-state index in [-0.39, 0.29) is 28.9 Å². The molecule has 5 unspecified atom stereocenters. The highest BCUT2D eigenvalue weighted by molar-refractivity contribution is 6.07. The molecule has 1 aliphatic heterocycles. The molecule has 1 heterocycles. The number of phenols is 1. The second-order valence-corrected chi connectivity index (χ2v) is 7.40. The molecule has 2 aromatic carbocycles. The molecule has 0 amide bonds. The Morgan fingerprint density at radius 3 is 2.32 bits per heavy atom. The fraction of sp³-hybridized carbons (Fsp3) is 0.381. The minimum atomic E-state index is -1.88. The van der Waals surface area contributed by atoms with Crippen LogP contribution in [0.15, 0.2) is 24.3 Å². The van der Waals surface area contributed by atoms with Crippen LogP contribution in [0.4, 0.5) is 0 Å². The van der Waals surface area contributed by atoms with E-state index in [4.69, 9.17) is 9.47 Å². The highest BCUT2D eigenvalue weighted by Gasteiger charge is 2.48. The Morgan fingerprint density at radius 2 is 1.74 bits per heavy atom. The summed E-state index contributed by atoms with van der Waals surface area (Å²) in [7, 11) is 0. The molecule has 0 aliphatic carbocycles. The van der Waals surface area contributed by atoms with Crippen molar-refractivity contribution in [1.82, 2.24) is 0 Å². The molecule has 5 N–H and O–H groups in total. The number of carboxylic acid groups (broad SMARTS) is 1. The molecule has 5 atom stereocenters. The molecular weight excluding hydrogens is 412 g/mol. The van der Waals surface area contributed by atoms with Gasteiger partial charge in [-0.1, -0.05) is 12.1 Å². The molecule has 0 bridgehead atoms. The Morgan fingerprint density at radius 1 is 1.06 bits per heavy atom. The van der Waals surface area contributed by atoms with Crippen LogP contribution >= 0.6 is 0 Å². The van der Waals surface area contributed by atoms with Gasteiger partial charge in [0.25, 0.3) is 0 Å². The maximum absolute atomic E-state index is 12.2. The number of carbonyl (C=O) groups excluding carboxylic acids is 2. The maximum Gasteiger partial charge on any atom is 0.335 e. The Bertz CT molecular complexity index is 1050. The lowest BCUT2D eigenvalue weighted by molar-refractivity contribution is -0.270. The standard InChI is InChI=1S/C21H22O10/c1-8(22)6-11-7-10-4-3-5-12(14(10)15(24)13(11)9(2)23)30-21-18(27)16(25)17(26)19(31-21)20(28)29/h3-5,7,16-19,21,24-27H,6H2,1-2H3,(H,28,29). The van der Waals surface area contributed by atoms with E-state index in [1.807, 2.05) is 0 Å². The zero-order chi connectivity index (χ0) is 23.0. The van der Waals surface area contributed by atoms with Crippen LogP contribution in [0.3, 0.4) is 0 Å². The molecule has 10 nitrogen and oxygen atoms in total. The Kier molecular flexibility index (Phi) is 6.27. The normalized spacial score (nSPS) is 25.9. The van der Waals surface area contributed by atoms with Gasteiger partial charge in [0.2, 0.25) is 6.29 Å². The molecule has 166 valence electrons. The largest absolute Gasteiger partial charge is 0.506 e. The summed E-state index contributed by atoms with van der Waals surface area (Å²) in [6, 6.07) is 6.08. The molecular formula is C21H22O10. The van der Waals surface area contributed by atoms with Crippen LogP contribution in [0.1, 0.15) is 29.8 Å². The van der Waals surface area contributed by atoms with Crippen LogP contribution in [0.5, 0.6) is 11.5 Å². The average molecular weight is 434 g/mol. The monoisotopic (exact) mass is 434 g/mol. The molecule has 1 aliphatic rings. The van der Waals surface area contributed by atoms with Crippen LogP contribution < -0.4 is 4.74 Å². The van der Waals surface area contributed by atoms with Gasteiger partial charge in [0.15, 0.2) is 11.9 Å². The van der Waals surface area contributed by atoms with Gasteiger partial charge in [0, 0.05) is 6.42 Å². The van der Waals surface area contributed by atoms with Crippen molar-refractivity contribution in [2.45, 2.75) is 51.0 Å². The summed E-state index contributed by atoms with van der Waals surface area (Å²) in [4.78, 5) is 35.0. The number of phenolic OH excluding ortho intramolecular Hbond substituents is 1. The number of fused-ring (bicyclic) bond motifs is 1. The van der Waals surface area contributed by atoms with Crippen molar-refractivity contribution in [1.29, 1.82) is 0 Å². The first kappa shape index (κ1) is 22.6. The molecule has 10 heteroatoms. The summed E-state index contributed by atoms with van der Waals surface area (Å²) in [5, 5.41) is 50.4. The van der Waals surface area contributed by atoms with Crippen LogP contribution in [-0.4, -0.2) is 73.8 Å². The van der Waals surface area contributed by atoms with Gasteiger partial charge in [-0.2, -0.15) is 0 Å². The first-order chi connectivity index (χ1) is 14.5. The summed E-state index contributed by atoms with van der Waals surface area (Å²) < 4.78 is 10.7. The zero-order valence-electron chi connectivity index (χ0n) is 16.7. The van der Waals surface area contributed by atoms with Crippen molar-refractivity contribution in [3.63, 3.8) is 0 Å². The lowest BCUT2D eigenvalue weighted by Gasteiger charge is -2.38. The fourth-order valence-electron chi connectivity index (χ4n) is 3.63. The van der Waals surface area contributed by atoms with E-state index in [0.29, 0.717) is 10.9 Å². The fourth-order valence-corrected chi connectivity index (χ4v) is 3.63. The summed E-state index contributed by atoms with van der Waals surface area (Å²) in [5.41, 5.74) is 0.267. The summed E-state index contributed by atoms with van der Waals surface area (Å²) >= 11 is 0. The summed E-state index contributed by atoms with van der Waals surface area (Å²) in [6.07, 6.45) is -9.17. The van der Waals surface area contributed by atoms with Crippen LogP contribution in [0, 0.1) is 0 Å². The smallest absolute Gasteiger partial charge is 0.335 e. The molecule has 1 saturated heterocycles. The quantitative estimate of drug-likeness (QED) is 0.394. The second-order valence-electron chi connectivity index (χ2n) is 7.40.